The van der Waals surface area contributed by atoms with Crippen LogP contribution in [0, 0.1) is 20.8 Å². The molecule has 4 heterocycles. The van der Waals surface area contributed by atoms with E-state index in [1.54, 1.807) is 10.6 Å². The molecule has 8 heteroatoms. The molecule has 1 fully saturated rings. The van der Waals surface area contributed by atoms with Gasteiger partial charge in [0.05, 0.1) is 6.21 Å². The van der Waals surface area contributed by atoms with E-state index in [1.165, 1.54) is 6.21 Å². The first-order valence-electron chi connectivity index (χ1n) is 9.41. The summed E-state index contributed by atoms with van der Waals surface area (Å²) >= 11 is 0. The molecule has 1 aliphatic rings. The fraction of sp³-hybridized carbons (Fsp3) is 0.350. The second-order valence-electron chi connectivity index (χ2n) is 7.08. The Labute approximate surface area is 163 Å². The summed E-state index contributed by atoms with van der Waals surface area (Å²) in [6.45, 7) is 7.54. The first-order chi connectivity index (χ1) is 13.5. The molecule has 0 atom stereocenters. The Bertz CT molecular complexity index is 1090. The zero-order valence-electron chi connectivity index (χ0n) is 16.3. The minimum absolute atomic E-state index is 0.137. The molecular weight excluding hydrogens is 354 g/mol. The SMILES string of the molecule is Cc1cc(C)nc(N/N=C\c2c(N3CCCC3)nc3c(C)cccn3c2=O)n1. The number of aromatic nitrogens is 4. The fourth-order valence-corrected chi connectivity index (χ4v) is 3.51. The number of pyridine rings is 1. The van der Waals surface area contributed by atoms with Crippen molar-refractivity contribution in [1.82, 2.24) is 19.4 Å². The fourth-order valence-electron chi connectivity index (χ4n) is 3.51. The Hall–Kier alpha value is -3.29. The smallest absolute Gasteiger partial charge is 0.268 e. The van der Waals surface area contributed by atoms with Crippen LogP contribution in [0.3, 0.4) is 0 Å². The molecule has 144 valence electrons. The van der Waals surface area contributed by atoms with Gasteiger partial charge in [-0.25, -0.2) is 20.4 Å². The molecule has 0 saturated carbocycles. The summed E-state index contributed by atoms with van der Waals surface area (Å²) < 4.78 is 1.57. The van der Waals surface area contributed by atoms with Gasteiger partial charge in [0.1, 0.15) is 17.0 Å². The van der Waals surface area contributed by atoms with Gasteiger partial charge in [-0.05, 0) is 51.3 Å². The van der Waals surface area contributed by atoms with Gasteiger partial charge in [-0.2, -0.15) is 5.10 Å². The quantitative estimate of drug-likeness (QED) is 0.555. The molecule has 8 nitrogen and oxygen atoms in total. The van der Waals surface area contributed by atoms with Crippen molar-refractivity contribution in [3.8, 4) is 0 Å². The van der Waals surface area contributed by atoms with Gasteiger partial charge < -0.3 is 4.90 Å². The van der Waals surface area contributed by atoms with Crippen molar-refractivity contribution in [3.05, 3.63) is 57.3 Å². The second kappa shape index (κ2) is 7.38. The Kier molecular flexibility index (Phi) is 4.77. The van der Waals surface area contributed by atoms with E-state index in [9.17, 15) is 4.79 Å². The van der Waals surface area contributed by atoms with Crippen LogP contribution in [0.2, 0.25) is 0 Å². The lowest BCUT2D eigenvalue weighted by molar-refractivity contribution is 0.913. The third-order valence-corrected chi connectivity index (χ3v) is 4.81. The molecule has 0 unspecified atom stereocenters. The largest absolute Gasteiger partial charge is 0.356 e. The Morgan fingerprint density at radius 2 is 1.82 bits per heavy atom. The van der Waals surface area contributed by atoms with Crippen LogP contribution in [0.25, 0.3) is 5.65 Å². The number of fused-ring (bicyclic) bond motifs is 1. The van der Waals surface area contributed by atoms with Gasteiger partial charge in [0.25, 0.3) is 5.56 Å². The highest BCUT2D eigenvalue weighted by molar-refractivity contribution is 5.87. The zero-order chi connectivity index (χ0) is 19.7. The Morgan fingerprint density at radius 3 is 2.54 bits per heavy atom. The normalized spacial score (nSPS) is 14.3. The average molecular weight is 377 g/mol. The number of anilines is 2. The number of hydrogen-bond acceptors (Lipinski definition) is 7. The highest BCUT2D eigenvalue weighted by atomic mass is 16.1. The summed E-state index contributed by atoms with van der Waals surface area (Å²) in [6.07, 6.45) is 5.46. The first-order valence-corrected chi connectivity index (χ1v) is 9.41. The maximum absolute atomic E-state index is 13.2. The summed E-state index contributed by atoms with van der Waals surface area (Å²) in [4.78, 5) is 28.7. The standard InChI is InChI=1S/C20H23N7O/c1-13-7-6-10-27-17(13)24-18(26-8-4-5-9-26)16(19(27)28)12-21-25-20-22-14(2)11-15(3)23-20/h6-7,10-12H,4-5,8-9H2,1-3H3,(H,22,23,25)/b21-12-. The molecule has 3 aromatic heterocycles. The van der Waals surface area contributed by atoms with Gasteiger partial charge in [-0.1, -0.05) is 6.07 Å². The highest BCUT2D eigenvalue weighted by Crippen LogP contribution is 2.21. The van der Waals surface area contributed by atoms with Gasteiger partial charge >= 0.3 is 0 Å². The van der Waals surface area contributed by atoms with E-state index < -0.39 is 0 Å². The van der Waals surface area contributed by atoms with E-state index in [0.29, 0.717) is 23.0 Å². The lowest BCUT2D eigenvalue weighted by atomic mass is 10.2. The van der Waals surface area contributed by atoms with Crippen LogP contribution in [0.15, 0.2) is 34.3 Å². The number of hydrazone groups is 1. The Balaban J connectivity index is 1.77. The lowest BCUT2D eigenvalue weighted by Gasteiger charge is -2.19. The topological polar surface area (TPSA) is 87.8 Å². The third-order valence-electron chi connectivity index (χ3n) is 4.81. The second-order valence-corrected chi connectivity index (χ2v) is 7.08. The number of rotatable bonds is 4. The average Bonchev–Trinajstić information content (AvgIpc) is 3.18. The summed E-state index contributed by atoms with van der Waals surface area (Å²) in [7, 11) is 0. The summed E-state index contributed by atoms with van der Waals surface area (Å²) in [5, 5.41) is 4.24. The van der Waals surface area contributed by atoms with E-state index >= 15 is 0 Å². The number of aryl methyl sites for hydroxylation is 3. The van der Waals surface area contributed by atoms with Crippen LogP contribution in [0.5, 0.6) is 0 Å². The van der Waals surface area contributed by atoms with Crippen molar-refractivity contribution in [1.29, 1.82) is 0 Å². The number of nitrogens with zero attached hydrogens (tertiary/aromatic N) is 6. The van der Waals surface area contributed by atoms with Crippen LogP contribution < -0.4 is 15.9 Å². The predicted molar refractivity (Wildman–Crippen MR) is 110 cm³/mol. The molecule has 0 amide bonds. The molecule has 1 aliphatic heterocycles. The molecule has 0 radical (unpaired) electrons. The van der Waals surface area contributed by atoms with Crippen LogP contribution in [0.4, 0.5) is 11.8 Å². The van der Waals surface area contributed by atoms with Gasteiger partial charge in [0.15, 0.2) is 0 Å². The van der Waals surface area contributed by atoms with Crippen molar-refractivity contribution in [3.63, 3.8) is 0 Å². The molecule has 3 aromatic rings. The van der Waals surface area contributed by atoms with Crippen molar-refractivity contribution in [2.45, 2.75) is 33.6 Å². The Morgan fingerprint density at radius 1 is 1.11 bits per heavy atom. The minimum Gasteiger partial charge on any atom is -0.356 e. The van der Waals surface area contributed by atoms with Crippen molar-refractivity contribution >= 4 is 23.6 Å². The number of hydrogen-bond donors (Lipinski definition) is 1. The van der Waals surface area contributed by atoms with Crippen molar-refractivity contribution < 1.29 is 0 Å². The molecule has 1 N–H and O–H groups in total. The van der Waals surface area contributed by atoms with E-state index in [-0.39, 0.29) is 5.56 Å². The first kappa shape index (κ1) is 18.1. The van der Waals surface area contributed by atoms with E-state index in [0.717, 1.165) is 42.9 Å². The van der Waals surface area contributed by atoms with Gasteiger partial charge in [0, 0.05) is 30.7 Å². The van der Waals surface area contributed by atoms with Gasteiger partial charge in [-0.3, -0.25) is 9.20 Å². The minimum atomic E-state index is -0.137. The molecule has 0 aliphatic carbocycles. The van der Waals surface area contributed by atoms with Crippen molar-refractivity contribution in [2.75, 3.05) is 23.4 Å². The molecule has 1 saturated heterocycles. The number of nitrogens with one attached hydrogen (secondary N) is 1. The van der Waals surface area contributed by atoms with Crippen LogP contribution in [-0.2, 0) is 0 Å². The molecule has 28 heavy (non-hydrogen) atoms. The highest BCUT2D eigenvalue weighted by Gasteiger charge is 2.20. The van der Waals surface area contributed by atoms with Gasteiger partial charge in [0.2, 0.25) is 5.95 Å². The summed E-state index contributed by atoms with van der Waals surface area (Å²) in [5.74, 6) is 1.09. The molecule has 4 rings (SSSR count). The van der Waals surface area contributed by atoms with E-state index in [4.69, 9.17) is 4.98 Å². The molecule has 0 spiro atoms. The van der Waals surface area contributed by atoms with Crippen LogP contribution in [-0.4, -0.2) is 38.7 Å². The van der Waals surface area contributed by atoms with Gasteiger partial charge in [-0.15, -0.1) is 0 Å². The zero-order valence-corrected chi connectivity index (χ0v) is 16.3. The maximum Gasteiger partial charge on any atom is 0.268 e. The molecule has 0 bridgehead atoms. The monoisotopic (exact) mass is 377 g/mol. The predicted octanol–water partition coefficient (Wildman–Crippen LogP) is 2.46. The molecular formula is C20H23N7O. The summed E-state index contributed by atoms with van der Waals surface area (Å²) in [6, 6.07) is 5.70. The van der Waals surface area contributed by atoms with E-state index in [2.05, 4.69) is 25.4 Å². The van der Waals surface area contributed by atoms with E-state index in [1.807, 2.05) is 39.0 Å². The van der Waals surface area contributed by atoms with Crippen LogP contribution >= 0.6 is 0 Å². The van der Waals surface area contributed by atoms with Crippen molar-refractivity contribution in [2.24, 2.45) is 5.10 Å². The van der Waals surface area contributed by atoms with Crippen LogP contribution in [0.1, 0.15) is 35.4 Å². The molecule has 0 aromatic carbocycles. The maximum atomic E-state index is 13.2. The third kappa shape index (κ3) is 3.45. The summed E-state index contributed by atoms with van der Waals surface area (Å²) in [5.41, 5.74) is 6.50. The lowest BCUT2D eigenvalue weighted by Crippen LogP contribution is -2.28.